The third kappa shape index (κ3) is 2.90. The summed E-state index contributed by atoms with van der Waals surface area (Å²) in [5.41, 5.74) is 6.33. The van der Waals surface area contributed by atoms with Crippen molar-refractivity contribution in [1.82, 2.24) is 0 Å². The van der Waals surface area contributed by atoms with Gasteiger partial charge in [-0.1, -0.05) is 6.42 Å². The van der Waals surface area contributed by atoms with Crippen LogP contribution in [0.2, 0.25) is 0 Å². The van der Waals surface area contributed by atoms with Gasteiger partial charge in [-0.2, -0.15) is 0 Å². The van der Waals surface area contributed by atoms with Crippen LogP contribution in [-0.4, -0.2) is 18.0 Å². The molecule has 1 aromatic rings. The zero-order valence-corrected chi connectivity index (χ0v) is 11.2. The second kappa shape index (κ2) is 5.52. The quantitative estimate of drug-likeness (QED) is 0.673. The Morgan fingerprint density at radius 1 is 1.33 bits per heavy atom. The van der Waals surface area contributed by atoms with Crippen LogP contribution in [0.1, 0.15) is 46.3 Å². The van der Waals surface area contributed by atoms with E-state index in [0.717, 1.165) is 12.8 Å². The maximum absolute atomic E-state index is 11.8. The number of carbonyl (C=O) groups is 2. The van der Waals surface area contributed by atoms with Crippen molar-refractivity contribution in [2.45, 2.75) is 45.1 Å². The zero-order chi connectivity index (χ0) is 13.1. The Kier molecular flexibility index (Phi) is 4.01. The Morgan fingerprint density at radius 2 is 2.06 bits per heavy atom. The monoisotopic (exact) mass is 267 g/mol. The van der Waals surface area contributed by atoms with Gasteiger partial charge in [0.1, 0.15) is 4.88 Å². The van der Waals surface area contributed by atoms with Gasteiger partial charge in [0.05, 0.1) is 0 Å². The molecule has 18 heavy (non-hydrogen) atoms. The predicted molar refractivity (Wildman–Crippen MR) is 69.6 cm³/mol. The molecule has 1 aliphatic carbocycles. The predicted octanol–water partition coefficient (Wildman–Crippen LogP) is 2.05. The average molecular weight is 267 g/mol. The lowest BCUT2D eigenvalue weighted by Gasteiger charge is -2.07. The van der Waals surface area contributed by atoms with Crippen LogP contribution in [0.25, 0.3) is 0 Å². The molecule has 1 aliphatic rings. The molecule has 0 bridgehead atoms. The number of fused-ring (bicyclic) bond motifs is 1. The van der Waals surface area contributed by atoms with Crippen LogP contribution in [0.5, 0.6) is 0 Å². The van der Waals surface area contributed by atoms with Crippen molar-refractivity contribution in [3.05, 3.63) is 21.4 Å². The van der Waals surface area contributed by atoms with Gasteiger partial charge in [-0.05, 0) is 44.2 Å². The van der Waals surface area contributed by atoms with Crippen LogP contribution in [0.15, 0.2) is 6.07 Å². The van der Waals surface area contributed by atoms with Crippen LogP contribution in [0.3, 0.4) is 0 Å². The minimum Gasteiger partial charge on any atom is -0.448 e. The lowest BCUT2D eigenvalue weighted by molar-refractivity contribution is -0.125. The molecule has 2 N–H and O–H groups in total. The van der Waals surface area contributed by atoms with Crippen molar-refractivity contribution in [3.8, 4) is 0 Å². The minimum atomic E-state index is -0.876. The molecule has 1 unspecified atom stereocenters. The molecule has 0 saturated heterocycles. The second-order valence-electron chi connectivity index (χ2n) is 4.57. The normalized spacial score (nSPS) is 16.5. The van der Waals surface area contributed by atoms with Crippen molar-refractivity contribution >= 4 is 23.2 Å². The first kappa shape index (κ1) is 13.1. The highest BCUT2D eigenvalue weighted by atomic mass is 32.1. The Bertz CT molecular complexity index is 443. The van der Waals surface area contributed by atoms with E-state index in [0.29, 0.717) is 4.88 Å². The molecular formula is C13H17NO3S. The van der Waals surface area contributed by atoms with Crippen molar-refractivity contribution in [1.29, 1.82) is 0 Å². The van der Waals surface area contributed by atoms with Crippen LogP contribution in [0, 0.1) is 0 Å². The molecule has 2 rings (SSSR count). The van der Waals surface area contributed by atoms with E-state index < -0.39 is 18.0 Å². The molecule has 1 heterocycles. The molecule has 98 valence electrons. The van der Waals surface area contributed by atoms with Crippen molar-refractivity contribution in [2.24, 2.45) is 5.73 Å². The number of thiophene rings is 1. The molecular weight excluding hydrogens is 250 g/mol. The summed E-state index contributed by atoms with van der Waals surface area (Å²) in [7, 11) is 0. The van der Waals surface area contributed by atoms with Gasteiger partial charge in [-0.3, -0.25) is 4.79 Å². The summed E-state index contributed by atoms with van der Waals surface area (Å²) in [6, 6.07) is 1.90. The van der Waals surface area contributed by atoms with E-state index in [4.69, 9.17) is 10.5 Å². The topological polar surface area (TPSA) is 69.4 Å². The number of ether oxygens (including phenoxy) is 1. The first-order valence-corrected chi connectivity index (χ1v) is 7.01. The molecule has 0 saturated carbocycles. The standard InChI is InChI=1S/C13H17NO3S/c1-8(12(14)15)17-13(16)11-7-9-5-3-2-4-6-10(9)18-11/h7-8H,2-6H2,1H3,(H2,14,15). The maximum atomic E-state index is 11.8. The average Bonchev–Trinajstić information content (AvgIpc) is 2.61. The number of esters is 1. The third-order valence-corrected chi connectivity index (χ3v) is 4.35. The third-order valence-electron chi connectivity index (χ3n) is 3.13. The Balaban J connectivity index is 2.09. The Hall–Kier alpha value is -1.36. The van der Waals surface area contributed by atoms with E-state index >= 15 is 0 Å². The van der Waals surface area contributed by atoms with Gasteiger partial charge in [-0.15, -0.1) is 11.3 Å². The van der Waals surface area contributed by atoms with Crippen LogP contribution in [-0.2, 0) is 22.4 Å². The van der Waals surface area contributed by atoms with Crippen molar-refractivity contribution in [3.63, 3.8) is 0 Å². The molecule has 1 atom stereocenters. The first-order valence-electron chi connectivity index (χ1n) is 6.20. The Morgan fingerprint density at radius 3 is 2.78 bits per heavy atom. The highest BCUT2D eigenvalue weighted by molar-refractivity contribution is 7.14. The second-order valence-corrected chi connectivity index (χ2v) is 5.71. The summed E-state index contributed by atoms with van der Waals surface area (Å²) in [5.74, 6) is -1.07. The number of rotatable bonds is 3. The fraction of sp³-hybridized carbons (Fsp3) is 0.538. The smallest absolute Gasteiger partial charge is 0.349 e. The van der Waals surface area contributed by atoms with Crippen molar-refractivity contribution < 1.29 is 14.3 Å². The van der Waals surface area contributed by atoms with Gasteiger partial charge in [0.2, 0.25) is 0 Å². The highest BCUT2D eigenvalue weighted by Crippen LogP contribution is 2.29. The zero-order valence-electron chi connectivity index (χ0n) is 10.4. The summed E-state index contributed by atoms with van der Waals surface area (Å²) in [5, 5.41) is 0. The molecule has 4 nitrogen and oxygen atoms in total. The summed E-state index contributed by atoms with van der Waals surface area (Å²) in [6.45, 7) is 1.48. The van der Waals surface area contributed by atoms with Crippen LogP contribution >= 0.6 is 11.3 Å². The van der Waals surface area contributed by atoms with Gasteiger partial charge in [-0.25, -0.2) is 4.79 Å². The van der Waals surface area contributed by atoms with Gasteiger partial charge in [0.25, 0.3) is 5.91 Å². The van der Waals surface area contributed by atoms with Crippen LogP contribution < -0.4 is 5.73 Å². The van der Waals surface area contributed by atoms with E-state index in [2.05, 4.69) is 0 Å². The molecule has 1 amide bonds. The summed E-state index contributed by atoms with van der Waals surface area (Å²) in [4.78, 5) is 24.6. The number of hydrogen-bond acceptors (Lipinski definition) is 4. The molecule has 1 aromatic heterocycles. The van der Waals surface area contributed by atoms with Gasteiger partial charge < -0.3 is 10.5 Å². The van der Waals surface area contributed by atoms with E-state index in [1.54, 1.807) is 0 Å². The van der Waals surface area contributed by atoms with E-state index in [1.807, 2.05) is 6.07 Å². The number of nitrogens with two attached hydrogens (primary N) is 1. The Labute approximate surface area is 110 Å². The number of carbonyl (C=O) groups excluding carboxylic acids is 2. The molecule has 5 heteroatoms. The lowest BCUT2D eigenvalue weighted by atomic mass is 10.1. The SMILES string of the molecule is CC(OC(=O)c1cc2c(s1)CCCCC2)C(N)=O. The lowest BCUT2D eigenvalue weighted by Crippen LogP contribution is -2.30. The van der Waals surface area contributed by atoms with Gasteiger partial charge in [0.15, 0.2) is 6.10 Å². The summed E-state index contributed by atoms with van der Waals surface area (Å²) < 4.78 is 5.00. The molecule has 0 aromatic carbocycles. The van der Waals surface area contributed by atoms with Crippen LogP contribution in [0.4, 0.5) is 0 Å². The fourth-order valence-corrected chi connectivity index (χ4v) is 3.18. The van der Waals surface area contributed by atoms with Gasteiger partial charge in [0, 0.05) is 4.88 Å². The fourth-order valence-electron chi connectivity index (χ4n) is 2.04. The van der Waals surface area contributed by atoms with Crippen molar-refractivity contribution in [2.75, 3.05) is 0 Å². The largest absolute Gasteiger partial charge is 0.448 e. The minimum absolute atomic E-state index is 0.445. The highest BCUT2D eigenvalue weighted by Gasteiger charge is 2.20. The summed E-state index contributed by atoms with van der Waals surface area (Å²) >= 11 is 1.48. The van der Waals surface area contributed by atoms with E-state index in [1.165, 1.54) is 48.0 Å². The van der Waals surface area contributed by atoms with E-state index in [9.17, 15) is 9.59 Å². The number of amides is 1. The molecule has 0 spiro atoms. The number of primary amides is 1. The van der Waals surface area contributed by atoms with Gasteiger partial charge >= 0.3 is 5.97 Å². The number of aryl methyl sites for hydroxylation is 2. The molecule has 0 radical (unpaired) electrons. The number of hydrogen-bond donors (Lipinski definition) is 1. The first-order chi connectivity index (χ1) is 8.58. The molecule has 0 aliphatic heterocycles. The maximum Gasteiger partial charge on any atom is 0.349 e. The van der Waals surface area contributed by atoms with E-state index in [-0.39, 0.29) is 0 Å². The summed E-state index contributed by atoms with van der Waals surface area (Å²) in [6.07, 6.45) is 4.80. The molecule has 0 fully saturated rings.